The molecule has 0 aliphatic carbocycles. The van der Waals surface area contributed by atoms with Gasteiger partial charge in [0, 0.05) is 18.8 Å². The van der Waals surface area contributed by atoms with Crippen LogP contribution >= 0.6 is 12.2 Å². The Labute approximate surface area is 168 Å². The highest BCUT2D eigenvalue weighted by atomic mass is 32.1. The molecule has 1 aromatic rings. The van der Waals surface area contributed by atoms with Crippen molar-refractivity contribution < 1.29 is 9.53 Å². The van der Waals surface area contributed by atoms with Crippen molar-refractivity contribution in [3.63, 3.8) is 0 Å². The molecule has 1 heterocycles. The zero-order chi connectivity index (χ0) is 20.2. The predicted molar refractivity (Wildman–Crippen MR) is 112 cm³/mol. The Balaban J connectivity index is 2.09. The van der Waals surface area contributed by atoms with Crippen molar-refractivity contribution in [2.75, 3.05) is 6.61 Å². The molecule has 0 bridgehead atoms. The number of rotatable bonds is 13. The van der Waals surface area contributed by atoms with Gasteiger partial charge in [0.15, 0.2) is 4.77 Å². The van der Waals surface area contributed by atoms with Gasteiger partial charge in [-0.05, 0) is 43.3 Å². The zero-order valence-corrected chi connectivity index (χ0v) is 18.1. The number of hydrogen-bond acceptors (Lipinski definition) is 4. The van der Waals surface area contributed by atoms with E-state index in [0.29, 0.717) is 23.2 Å². The fraction of sp³-hybridized carbons (Fsp3) is 0.762. The van der Waals surface area contributed by atoms with Crippen molar-refractivity contribution in [1.29, 1.82) is 0 Å². The molecular weight excluding hydrogens is 360 g/mol. The minimum atomic E-state index is -0.152. The molecule has 1 atom stereocenters. The lowest BCUT2D eigenvalue weighted by Crippen LogP contribution is -2.24. The van der Waals surface area contributed by atoms with Gasteiger partial charge in [-0.2, -0.15) is 0 Å². The van der Waals surface area contributed by atoms with Gasteiger partial charge in [0.05, 0.1) is 12.5 Å². The second-order valence-corrected chi connectivity index (χ2v) is 8.46. The molecule has 0 amide bonds. The number of nitrogens with zero attached hydrogens (tertiary/aromatic N) is 1. The summed E-state index contributed by atoms with van der Waals surface area (Å²) in [6, 6.07) is 1.50. The largest absolute Gasteiger partial charge is 0.465 e. The van der Waals surface area contributed by atoms with Gasteiger partial charge in [0.2, 0.25) is 0 Å². The molecule has 6 heteroatoms. The molecule has 0 aliphatic heterocycles. The van der Waals surface area contributed by atoms with Crippen LogP contribution in [-0.2, 0) is 16.1 Å². The number of hydrogen-bond donors (Lipinski definition) is 1. The fourth-order valence-electron chi connectivity index (χ4n) is 3.14. The Bertz CT molecular complexity index is 664. The van der Waals surface area contributed by atoms with Crippen molar-refractivity contribution in [3.05, 3.63) is 27.4 Å². The monoisotopic (exact) mass is 396 g/mol. The van der Waals surface area contributed by atoms with Crippen molar-refractivity contribution in [1.82, 2.24) is 9.55 Å². The summed E-state index contributed by atoms with van der Waals surface area (Å²) in [5.41, 5.74) is -0.152. The highest BCUT2D eigenvalue weighted by molar-refractivity contribution is 7.71. The van der Waals surface area contributed by atoms with Crippen molar-refractivity contribution in [2.45, 2.75) is 79.2 Å². The molecule has 0 saturated heterocycles. The normalized spacial score (nSPS) is 12.5. The number of nitrogens with one attached hydrogen (secondary N) is 1. The maximum absolute atomic E-state index is 12.2. The first-order chi connectivity index (χ1) is 12.8. The van der Waals surface area contributed by atoms with E-state index in [1.165, 1.54) is 6.07 Å². The number of H-pyrrole nitrogens is 1. The molecule has 154 valence electrons. The number of aromatic nitrogens is 2. The van der Waals surface area contributed by atoms with Crippen LogP contribution in [0.25, 0.3) is 0 Å². The summed E-state index contributed by atoms with van der Waals surface area (Å²) in [6.45, 7) is 9.84. The molecule has 1 rings (SSSR count). The second kappa shape index (κ2) is 12.9. The molecule has 0 aliphatic rings. The highest BCUT2D eigenvalue weighted by Gasteiger charge is 2.24. The Hall–Kier alpha value is -1.43. The van der Waals surface area contributed by atoms with Gasteiger partial charge < -0.3 is 9.30 Å². The van der Waals surface area contributed by atoms with Gasteiger partial charge in [0.25, 0.3) is 5.56 Å². The summed E-state index contributed by atoms with van der Waals surface area (Å²) in [5.74, 6) is 0.827. The number of carbonyl (C=O) groups is 1. The smallest absolute Gasteiger partial charge is 0.309 e. The average Bonchev–Trinajstić information content (AvgIpc) is 2.59. The third-order valence-electron chi connectivity index (χ3n) is 4.77. The van der Waals surface area contributed by atoms with Crippen LogP contribution in [0, 0.1) is 22.5 Å². The van der Waals surface area contributed by atoms with Gasteiger partial charge >= 0.3 is 5.97 Å². The number of unbranched alkanes of at least 4 members (excludes halogenated alkanes) is 5. The molecule has 1 aromatic heterocycles. The summed E-state index contributed by atoms with van der Waals surface area (Å²) < 4.78 is 7.88. The van der Waals surface area contributed by atoms with E-state index in [9.17, 15) is 9.59 Å². The number of aryl methyl sites for hydroxylation is 1. The molecule has 0 saturated carbocycles. The number of esters is 1. The van der Waals surface area contributed by atoms with Crippen LogP contribution in [0.15, 0.2) is 17.1 Å². The summed E-state index contributed by atoms with van der Waals surface area (Å²) in [5, 5.41) is 0. The molecule has 1 unspecified atom stereocenters. The van der Waals surface area contributed by atoms with Gasteiger partial charge in [-0.1, -0.05) is 53.4 Å². The summed E-state index contributed by atoms with van der Waals surface area (Å²) in [4.78, 5) is 26.0. The molecule has 27 heavy (non-hydrogen) atoms. The minimum Gasteiger partial charge on any atom is -0.465 e. The van der Waals surface area contributed by atoms with Gasteiger partial charge in [-0.25, -0.2) is 0 Å². The summed E-state index contributed by atoms with van der Waals surface area (Å²) in [7, 11) is 0. The van der Waals surface area contributed by atoms with E-state index in [-0.39, 0.29) is 17.4 Å². The van der Waals surface area contributed by atoms with E-state index in [4.69, 9.17) is 17.0 Å². The van der Waals surface area contributed by atoms with E-state index < -0.39 is 0 Å². The van der Waals surface area contributed by atoms with E-state index in [0.717, 1.165) is 51.5 Å². The summed E-state index contributed by atoms with van der Waals surface area (Å²) in [6.07, 6.45) is 9.14. The lowest BCUT2D eigenvalue weighted by molar-refractivity contribution is -0.151. The molecular formula is C21H36N2O3S. The lowest BCUT2D eigenvalue weighted by Gasteiger charge is -2.21. The van der Waals surface area contributed by atoms with Crippen LogP contribution in [0.2, 0.25) is 0 Å². The van der Waals surface area contributed by atoms with E-state index in [1.807, 2.05) is 4.57 Å². The standard InChI is InChI=1S/C21H36N2O3S/c1-16(2)15-18(17(3)4)20(25)26-14-10-8-6-5-7-9-12-23-13-11-19(24)22-21(23)27/h11,13,16-18H,5-10,12,14-15H2,1-4H3,(H,22,24,27). The third-order valence-corrected chi connectivity index (χ3v) is 5.10. The van der Waals surface area contributed by atoms with Crippen LogP contribution in [0.3, 0.4) is 0 Å². The molecule has 1 N–H and O–H groups in total. The summed E-state index contributed by atoms with van der Waals surface area (Å²) >= 11 is 5.13. The van der Waals surface area contributed by atoms with E-state index in [2.05, 4.69) is 32.7 Å². The van der Waals surface area contributed by atoms with Crippen molar-refractivity contribution in [2.24, 2.45) is 17.8 Å². The molecule has 0 fully saturated rings. The van der Waals surface area contributed by atoms with Crippen LogP contribution in [0.4, 0.5) is 0 Å². The predicted octanol–water partition coefficient (Wildman–Crippen LogP) is 5.11. The van der Waals surface area contributed by atoms with Crippen LogP contribution in [0.5, 0.6) is 0 Å². The van der Waals surface area contributed by atoms with Crippen LogP contribution in [-0.4, -0.2) is 22.1 Å². The average molecular weight is 397 g/mol. The SMILES string of the molecule is CC(C)CC(C(=O)OCCCCCCCCn1ccc(=O)[nH]c1=S)C(C)C. The van der Waals surface area contributed by atoms with Crippen molar-refractivity contribution in [3.8, 4) is 0 Å². The maximum atomic E-state index is 12.2. The van der Waals surface area contributed by atoms with Gasteiger partial charge in [-0.15, -0.1) is 0 Å². The Kier molecular flexibility index (Phi) is 11.3. The quantitative estimate of drug-likeness (QED) is 0.286. The second-order valence-electron chi connectivity index (χ2n) is 8.07. The van der Waals surface area contributed by atoms with E-state index >= 15 is 0 Å². The number of carbonyl (C=O) groups excluding carboxylic acids is 1. The molecule has 0 aromatic carbocycles. The highest BCUT2D eigenvalue weighted by Crippen LogP contribution is 2.21. The van der Waals surface area contributed by atoms with Gasteiger partial charge in [0.1, 0.15) is 0 Å². The molecule has 5 nitrogen and oxygen atoms in total. The molecule has 0 radical (unpaired) electrons. The number of aromatic amines is 1. The first kappa shape index (κ1) is 23.6. The third kappa shape index (κ3) is 9.89. The van der Waals surface area contributed by atoms with E-state index in [1.54, 1.807) is 6.20 Å². The Morgan fingerprint density at radius 1 is 1.11 bits per heavy atom. The zero-order valence-electron chi connectivity index (χ0n) is 17.3. The topological polar surface area (TPSA) is 64.1 Å². The fourth-order valence-corrected chi connectivity index (χ4v) is 3.39. The Morgan fingerprint density at radius 3 is 2.33 bits per heavy atom. The lowest BCUT2D eigenvalue weighted by atomic mass is 9.88. The van der Waals surface area contributed by atoms with Crippen LogP contribution in [0.1, 0.15) is 72.6 Å². The first-order valence-electron chi connectivity index (χ1n) is 10.3. The van der Waals surface area contributed by atoms with Crippen LogP contribution < -0.4 is 5.56 Å². The number of ether oxygens (including phenoxy) is 1. The first-order valence-corrected chi connectivity index (χ1v) is 10.7. The van der Waals surface area contributed by atoms with Gasteiger partial charge in [-0.3, -0.25) is 14.6 Å². The van der Waals surface area contributed by atoms with Crippen molar-refractivity contribution >= 4 is 18.2 Å². The molecule has 0 spiro atoms. The minimum absolute atomic E-state index is 0.0182. The Morgan fingerprint density at radius 2 is 1.74 bits per heavy atom. The maximum Gasteiger partial charge on any atom is 0.309 e.